The first-order valence-corrected chi connectivity index (χ1v) is 10.8. The van der Waals surface area contributed by atoms with E-state index in [2.05, 4.69) is 49.4 Å². The van der Waals surface area contributed by atoms with Crippen molar-refractivity contribution in [2.24, 2.45) is 17.3 Å². The fraction of sp³-hybridized carbons (Fsp3) is 1.00. The Kier molecular flexibility index (Phi) is 2.71. The summed E-state index contributed by atoms with van der Waals surface area (Å²) in [6.07, 6.45) is 5.89. The lowest BCUT2D eigenvalue weighted by Crippen LogP contribution is -2.42. The zero-order valence-corrected chi connectivity index (χ0v) is 13.4. The van der Waals surface area contributed by atoms with Gasteiger partial charge in [0.1, 0.15) is 0 Å². The Bertz CT molecular complexity index is 264. The van der Waals surface area contributed by atoms with Crippen molar-refractivity contribution in [1.29, 1.82) is 0 Å². The lowest BCUT2D eigenvalue weighted by atomic mass is 9.80. The van der Waals surface area contributed by atoms with E-state index in [0.29, 0.717) is 9.36 Å². The fourth-order valence-corrected chi connectivity index (χ4v) is 9.32. The predicted octanol–water partition coefficient (Wildman–Crippen LogP) is 4.84. The van der Waals surface area contributed by atoms with Gasteiger partial charge in [0, 0.05) is 3.95 Å². The molecule has 3 atom stereocenters. The first-order chi connectivity index (χ1) is 6.78. The van der Waals surface area contributed by atoms with Crippen LogP contribution in [0.3, 0.4) is 0 Å². The number of hydrogen-bond donors (Lipinski definition) is 0. The number of rotatable bonds is 2. The minimum atomic E-state index is -1.09. The summed E-state index contributed by atoms with van der Waals surface area (Å²) in [7, 11) is -1.09. The highest BCUT2D eigenvalue weighted by Gasteiger charge is 2.79. The highest BCUT2D eigenvalue weighted by molar-refractivity contribution is 9.10. The van der Waals surface area contributed by atoms with Crippen molar-refractivity contribution in [2.45, 2.75) is 63.1 Å². The fourth-order valence-electron chi connectivity index (χ4n) is 4.51. The molecule has 0 unspecified atom stereocenters. The highest BCUT2D eigenvalue weighted by atomic mass is 79.9. The molecule has 0 spiro atoms. The van der Waals surface area contributed by atoms with Crippen molar-refractivity contribution >= 4 is 24.0 Å². The minimum Gasteiger partial charge on any atom is -0.0879 e. The minimum absolute atomic E-state index is 0.553. The molecular formula is C13H25BrSi. The van der Waals surface area contributed by atoms with Gasteiger partial charge in [0.2, 0.25) is 0 Å². The van der Waals surface area contributed by atoms with Crippen molar-refractivity contribution in [3.8, 4) is 0 Å². The van der Waals surface area contributed by atoms with Crippen LogP contribution in [0.1, 0.15) is 39.5 Å². The molecule has 0 saturated heterocycles. The van der Waals surface area contributed by atoms with E-state index in [1.165, 1.54) is 25.7 Å². The molecule has 2 aliphatic carbocycles. The van der Waals surface area contributed by atoms with Gasteiger partial charge in [0.25, 0.3) is 0 Å². The van der Waals surface area contributed by atoms with E-state index >= 15 is 0 Å². The maximum Gasteiger partial charge on any atom is 0.0645 e. The molecular weight excluding hydrogens is 264 g/mol. The summed E-state index contributed by atoms with van der Waals surface area (Å²) in [5, 5.41) is 0. The summed E-state index contributed by atoms with van der Waals surface area (Å²) >= 11 is 4.22. The summed E-state index contributed by atoms with van der Waals surface area (Å²) in [5.74, 6) is 1.85. The summed E-state index contributed by atoms with van der Waals surface area (Å²) in [5.41, 5.74) is 0.662. The Morgan fingerprint density at radius 1 is 1.20 bits per heavy atom. The van der Waals surface area contributed by atoms with E-state index in [9.17, 15) is 0 Å². The summed E-state index contributed by atoms with van der Waals surface area (Å²) < 4.78 is 0.553. The Hall–Kier alpha value is 0.697. The molecule has 2 rings (SSSR count). The zero-order valence-electron chi connectivity index (χ0n) is 10.9. The molecule has 0 nitrogen and oxygen atoms in total. The second-order valence-electron chi connectivity index (χ2n) is 6.96. The topological polar surface area (TPSA) is 0 Å². The Labute approximate surface area is 104 Å². The number of halogens is 1. The zero-order chi connectivity index (χ0) is 11.5. The van der Waals surface area contributed by atoms with Crippen LogP contribution < -0.4 is 0 Å². The van der Waals surface area contributed by atoms with Crippen LogP contribution in [0, 0.1) is 17.3 Å². The predicted molar refractivity (Wildman–Crippen MR) is 74.2 cm³/mol. The van der Waals surface area contributed by atoms with E-state index in [0.717, 1.165) is 11.8 Å². The van der Waals surface area contributed by atoms with Gasteiger partial charge in [-0.2, -0.15) is 0 Å². The smallest absolute Gasteiger partial charge is 0.0645 e. The van der Waals surface area contributed by atoms with Gasteiger partial charge >= 0.3 is 0 Å². The largest absolute Gasteiger partial charge is 0.0879 e. The van der Waals surface area contributed by atoms with Crippen molar-refractivity contribution < 1.29 is 0 Å². The summed E-state index contributed by atoms with van der Waals surface area (Å²) in [6, 6.07) is 0. The molecule has 0 aromatic rings. The molecule has 0 amide bonds. The Morgan fingerprint density at radius 3 is 2.20 bits per heavy atom. The van der Waals surface area contributed by atoms with Crippen LogP contribution in [0.5, 0.6) is 0 Å². The molecule has 88 valence electrons. The van der Waals surface area contributed by atoms with E-state index in [-0.39, 0.29) is 0 Å². The quantitative estimate of drug-likeness (QED) is 0.504. The van der Waals surface area contributed by atoms with Crippen LogP contribution in [0.4, 0.5) is 0 Å². The summed E-state index contributed by atoms with van der Waals surface area (Å²) in [6.45, 7) is 12.5. The molecule has 0 bridgehead atoms. The van der Waals surface area contributed by atoms with Crippen LogP contribution in [0.2, 0.25) is 19.6 Å². The molecule has 0 aliphatic heterocycles. The van der Waals surface area contributed by atoms with Gasteiger partial charge in [-0.3, -0.25) is 0 Å². The van der Waals surface area contributed by atoms with Crippen LogP contribution in [0.25, 0.3) is 0 Å². The third-order valence-electron chi connectivity index (χ3n) is 5.15. The van der Waals surface area contributed by atoms with Gasteiger partial charge in [0.05, 0.1) is 8.07 Å². The first kappa shape index (κ1) is 12.2. The van der Waals surface area contributed by atoms with E-state index in [4.69, 9.17) is 0 Å². The molecule has 15 heavy (non-hydrogen) atoms. The van der Waals surface area contributed by atoms with Crippen LogP contribution in [-0.4, -0.2) is 12.0 Å². The standard InChI is InChI=1S/C13H25BrSi/c1-10(2)12-9-7-6-8-11(12)13(12,14)15(3,4)5/h10-11H,6-9H2,1-5H3/t11-,12-,13-/m1/s1. The Morgan fingerprint density at radius 2 is 1.80 bits per heavy atom. The third kappa shape index (κ3) is 1.30. The van der Waals surface area contributed by atoms with Gasteiger partial charge in [-0.25, -0.2) is 0 Å². The molecule has 0 heterocycles. The lowest BCUT2D eigenvalue weighted by Gasteiger charge is -2.33. The second-order valence-corrected chi connectivity index (χ2v) is 14.2. The molecule has 0 aromatic carbocycles. The monoisotopic (exact) mass is 288 g/mol. The van der Waals surface area contributed by atoms with Crippen LogP contribution >= 0.6 is 15.9 Å². The molecule has 2 aliphatic rings. The lowest BCUT2D eigenvalue weighted by molar-refractivity contribution is 0.251. The molecule has 0 radical (unpaired) electrons. The maximum atomic E-state index is 4.22. The maximum absolute atomic E-state index is 4.22. The molecule has 0 N–H and O–H groups in total. The van der Waals surface area contributed by atoms with Crippen molar-refractivity contribution in [3.63, 3.8) is 0 Å². The molecule has 2 heteroatoms. The first-order valence-electron chi connectivity index (χ1n) is 6.47. The van der Waals surface area contributed by atoms with Crippen molar-refractivity contribution in [2.75, 3.05) is 0 Å². The molecule has 2 fully saturated rings. The van der Waals surface area contributed by atoms with Crippen molar-refractivity contribution in [1.82, 2.24) is 0 Å². The number of fused-ring (bicyclic) bond motifs is 1. The van der Waals surface area contributed by atoms with E-state index in [1.807, 2.05) is 0 Å². The molecule has 2 saturated carbocycles. The van der Waals surface area contributed by atoms with Crippen LogP contribution in [0.15, 0.2) is 0 Å². The number of alkyl halides is 1. The normalized spacial score (nSPS) is 45.4. The van der Waals surface area contributed by atoms with E-state index < -0.39 is 8.07 Å². The SMILES string of the molecule is CC(C)[C@]12CCCC[C@H]1[C@@]2(Br)[Si](C)(C)C. The number of hydrogen-bond acceptors (Lipinski definition) is 0. The third-order valence-corrected chi connectivity index (χ3v) is 13.0. The van der Waals surface area contributed by atoms with Gasteiger partial charge in [-0.15, -0.1) is 0 Å². The van der Waals surface area contributed by atoms with Crippen LogP contribution in [-0.2, 0) is 0 Å². The Balaban J connectivity index is 2.36. The second kappa shape index (κ2) is 3.35. The van der Waals surface area contributed by atoms with Gasteiger partial charge < -0.3 is 0 Å². The van der Waals surface area contributed by atoms with Crippen molar-refractivity contribution in [3.05, 3.63) is 0 Å². The average molecular weight is 289 g/mol. The van der Waals surface area contributed by atoms with E-state index in [1.54, 1.807) is 0 Å². The average Bonchev–Trinajstić information content (AvgIpc) is 2.70. The van der Waals surface area contributed by atoms with Gasteiger partial charge in [0.15, 0.2) is 0 Å². The van der Waals surface area contributed by atoms with Gasteiger partial charge in [-0.1, -0.05) is 62.3 Å². The highest BCUT2D eigenvalue weighted by Crippen LogP contribution is 2.79. The summed E-state index contributed by atoms with van der Waals surface area (Å²) in [4.78, 5) is 0. The van der Waals surface area contributed by atoms with Gasteiger partial charge in [-0.05, 0) is 30.1 Å². The molecule has 0 aromatic heterocycles.